The van der Waals surface area contributed by atoms with Crippen molar-refractivity contribution < 1.29 is 5.11 Å². The van der Waals surface area contributed by atoms with Gasteiger partial charge in [-0.1, -0.05) is 58.9 Å². The molecule has 3 atom stereocenters. The molecule has 0 fully saturated rings. The zero-order valence-corrected chi connectivity index (χ0v) is 14.2. The van der Waals surface area contributed by atoms with Gasteiger partial charge in [-0.15, -0.1) is 8.58 Å². The summed E-state index contributed by atoms with van der Waals surface area (Å²) >= 11 is 0. The van der Waals surface area contributed by atoms with Crippen molar-refractivity contribution in [1.29, 1.82) is 0 Å². The van der Waals surface area contributed by atoms with Gasteiger partial charge in [-0.3, -0.25) is 0 Å². The first kappa shape index (κ1) is 16.7. The average molecular weight is 280 g/mol. The molecule has 0 heterocycles. The second-order valence-corrected chi connectivity index (χ2v) is 8.30. The van der Waals surface area contributed by atoms with Crippen LogP contribution in [-0.4, -0.2) is 11.3 Å². The van der Waals surface area contributed by atoms with Crippen LogP contribution in [0.25, 0.3) is 0 Å². The molecular formula is C17H29OP. The predicted molar refractivity (Wildman–Crippen MR) is 87.4 cm³/mol. The third-order valence-corrected chi connectivity index (χ3v) is 5.84. The van der Waals surface area contributed by atoms with Crippen LogP contribution in [0.5, 0.6) is 0 Å². The highest BCUT2D eigenvalue weighted by Crippen LogP contribution is 2.47. The molecule has 0 spiro atoms. The molecule has 0 aliphatic carbocycles. The topological polar surface area (TPSA) is 20.2 Å². The van der Waals surface area contributed by atoms with E-state index in [-0.39, 0.29) is 0 Å². The van der Waals surface area contributed by atoms with Crippen LogP contribution < -0.4 is 0 Å². The van der Waals surface area contributed by atoms with E-state index >= 15 is 0 Å². The molecule has 0 aliphatic rings. The number of rotatable bonds is 5. The zero-order valence-electron chi connectivity index (χ0n) is 13.2. The Hall–Kier alpha value is -0.390. The van der Waals surface area contributed by atoms with Gasteiger partial charge >= 0.3 is 0 Å². The molecule has 0 saturated carbocycles. The van der Waals surface area contributed by atoms with E-state index in [9.17, 15) is 5.11 Å². The lowest BCUT2D eigenvalue weighted by Gasteiger charge is -2.31. The normalized spacial score (nSPS) is 17.6. The van der Waals surface area contributed by atoms with Gasteiger partial charge in [0.25, 0.3) is 0 Å². The van der Waals surface area contributed by atoms with E-state index in [1.54, 1.807) is 0 Å². The first-order valence-corrected chi connectivity index (χ1v) is 8.57. The van der Waals surface area contributed by atoms with Crippen molar-refractivity contribution in [1.82, 2.24) is 0 Å². The summed E-state index contributed by atoms with van der Waals surface area (Å²) in [7, 11) is 0.956. The summed E-state index contributed by atoms with van der Waals surface area (Å²) < 4.78 is 0. The highest BCUT2D eigenvalue weighted by Gasteiger charge is 2.26. The van der Waals surface area contributed by atoms with Gasteiger partial charge in [-0.05, 0) is 36.0 Å². The number of hydrogen-bond donors (Lipinski definition) is 1. The molecule has 0 aliphatic heterocycles. The van der Waals surface area contributed by atoms with E-state index in [0.717, 1.165) is 20.6 Å². The maximum absolute atomic E-state index is 10.3. The van der Waals surface area contributed by atoms with Crippen molar-refractivity contribution in [3.05, 3.63) is 35.4 Å². The van der Waals surface area contributed by atoms with Crippen molar-refractivity contribution in [3.63, 3.8) is 0 Å². The standard InChI is InChI=1S/C17H29OP/c1-7-17(6,18)14-11-9-13(10-12-14)15(19-8-2)16(3,4)5/h9-12,15,18-19H,7-8H2,1-6H3. The van der Waals surface area contributed by atoms with Crippen molar-refractivity contribution in [2.75, 3.05) is 6.16 Å². The molecule has 3 unspecified atom stereocenters. The minimum Gasteiger partial charge on any atom is -0.385 e. The monoisotopic (exact) mass is 280 g/mol. The molecule has 0 bridgehead atoms. The SMILES string of the molecule is CCPC(c1ccc(C(C)(O)CC)cc1)C(C)(C)C. The largest absolute Gasteiger partial charge is 0.385 e. The summed E-state index contributed by atoms with van der Waals surface area (Å²) in [6.45, 7) is 13.1. The minimum absolute atomic E-state index is 0.295. The molecule has 0 amide bonds. The van der Waals surface area contributed by atoms with Crippen molar-refractivity contribution in [2.24, 2.45) is 5.41 Å². The Morgan fingerprint density at radius 3 is 1.95 bits per heavy atom. The van der Waals surface area contributed by atoms with Gasteiger partial charge in [0.2, 0.25) is 0 Å². The molecule has 19 heavy (non-hydrogen) atoms. The molecule has 1 aromatic rings. The van der Waals surface area contributed by atoms with Crippen LogP contribution in [0.3, 0.4) is 0 Å². The van der Waals surface area contributed by atoms with Crippen molar-refractivity contribution in [2.45, 2.75) is 59.2 Å². The fourth-order valence-electron chi connectivity index (χ4n) is 2.37. The molecule has 1 rings (SSSR count). The third-order valence-electron chi connectivity index (χ3n) is 3.83. The Balaban J connectivity index is 3.02. The summed E-state index contributed by atoms with van der Waals surface area (Å²) in [5, 5.41) is 10.3. The van der Waals surface area contributed by atoms with Crippen LogP contribution in [0.1, 0.15) is 64.7 Å². The molecule has 0 aromatic heterocycles. The second-order valence-electron chi connectivity index (χ2n) is 6.61. The fourth-order valence-corrected chi connectivity index (χ4v) is 3.82. The van der Waals surface area contributed by atoms with E-state index in [0.29, 0.717) is 11.1 Å². The quantitative estimate of drug-likeness (QED) is 0.745. The molecule has 0 saturated heterocycles. The number of aliphatic hydroxyl groups is 1. The smallest absolute Gasteiger partial charge is 0.0865 e. The zero-order chi connectivity index (χ0) is 14.7. The molecule has 1 aromatic carbocycles. The Bertz CT molecular complexity index is 387. The van der Waals surface area contributed by atoms with Crippen molar-refractivity contribution in [3.8, 4) is 0 Å². The first-order chi connectivity index (χ1) is 8.72. The maximum atomic E-state index is 10.3. The minimum atomic E-state index is -0.706. The number of benzene rings is 1. The summed E-state index contributed by atoms with van der Waals surface area (Å²) in [6, 6.07) is 8.60. The van der Waals surface area contributed by atoms with E-state index in [1.165, 1.54) is 11.7 Å². The van der Waals surface area contributed by atoms with Gasteiger partial charge in [-0.25, -0.2) is 0 Å². The van der Waals surface area contributed by atoms with E-state index in [2.05, 4.69) is 52.0 Å². The van der Waals surface area contributed by atoms with Crippen LogP contribution in [-0.2, 0) is 5.60 Å². The third kappa shape index (κ3) is 4.29. The Morgan fingerprint density at radius 1 is 1.05 bits per heavy atom. The second kappa shape index (κ2) is 6.37. The Kier molecular flexibility index (Phi) is 5.59. The van der Waals surface area contributed by atoms with Gasteiger partial charge in [0.05, 0.1) is 5.60 Å². The van der Waals surface area contributed by atoms with Crippen molar-refractivity contribution >= 4 is 8.58 Å². The van der Waals surface area contributed by atoms with Gasteiger partial charge in [0.1, 0.15) is 0 Å². The van der Waals surface area contributed by atoms with Gasteiger partial charge < -0.3 is 5.11 Å². The number of hydrogen-bond acceptors (Lipinski definition) is 1. The van der Waals surface area contributed by atoms with Crippen LogP contribution in [0.2, 0.25) is 0 Å². The predicted octanol–water partition coefficient (Wildman–Crippen LogP) is 5.09. The lowest BCUT2D eigenvalue weighted by Crippen LogP contribution is -2.20. The van der Waals surface area contributed by atoms with Gasteiger partial charge in [0.15, 0.2) is 0 Å². The van der Waals surface area contributed by atoms with Crippen LogP contribution in [0, 0.1) is 5.41 Å². The van der Waals surface area contributed by atoms with Gasteiger partial charge in [0, 0.05) is 5.66 Å². The van der Waals surface area contributed by atoms with E-state index in [4.69, 9.17) is 0 Å². The molecule has 0 radical (unpaired) electrons. The summed E-state index contributed by atoms with van der Waals surface area (Å²) in [4.78, 5) is 0. The first-order valence-electron chi connectivity index (χ1n) is 7.28. The van der Waals surface area contributed by atoms with Gasteiger partial charge in [-0.2, -0.15) is 0 Å². The highest BCUT2D eigenvalue weighted by molar-refractivity contribution is 7.38. The average Bonchev–Trinajstić information content (AvgIpc) is 2.35. The maximum Gasteiger partial charge on any atom is 0.0865 e. The summed E-state index contributed by atoms with van der Waals surface area (Å²) in [6.07, 6.45) is 1.97. The Labute approximate surface area is 120 Å². The summed E-state index contributed by atoms with van der Waals surface area (Å²) in [5.41, 5.74) is 2.62. The lowest BCUT2D eigenvalue weighted by molar-refractivity contribution is 0.0531. The molecule has 2 heteroatoms. The molecule has 1 N–H and O–H groups in total. The van der Waals surface area contributed by atoms with E-state index in [1.807, 2.05) is 13.8 Å². The Morgan fingerprint density at radius 2 is 1.58 bits per heavy atom. The summed E-state index contributed by atoms with van der Waals surface area (Å²) in [5.74, 6) is 0. The van der Waals surface area contributed by atoms with Crippen LogP contribution in [0.4, 0.5) is 0 Å². The molecular weight excluding hydrogens is 251 g/mol. The fraction of sp³-hybridized carbons (Fsp3) is 0.647. The van der Waals surface area contributed by atoms with Crippen LogP contribution >= 0.6 is 8.58 Å². The lowest BCUT2D eigenvalue weighted by atomic mass is 9.85. The van der Waals surface area contributed by atoms with Crippen LogP contribution in [0.15, 0.2) is 24.3 Å². The molecule has 108 valence electrons. The highest BCUT2D eigenvalue weighted by atomic mass is 31.1. The van der Waals surface area contributed by atoms with E-state index < -0.39 is 5.60 Å². The molecule has 1 nitrogen and oxygen atoms in total.